The van der Waals surface area contributed by atoms with E-state index in [1.165, 1.54) is 7.11 Å². The number of methoxy groups -OCH3 is 1. The third-order valence-electron chi connectivity index (χ3n) is 8.29. The Morgan fingerprint density at radius 1 is 0.340 bits per heavy atom. The fourth-order valence-electron chi connectivity index (χ4n) is 5.63. The summed E-state index contributed by atoms with van der Waals surface area (Å²) in [6.07, 6.45) is 0. The van der Waals surface area contributed by atoms with Gasteiger partial charge in [0.05, 0.1) is 7.11 Å². The van der Waals surface area contributed by atoms with Gasteiger partial charge in [-0.2, -0.15) is 0 Å². The van der Waals surface area contributed by atoms with E-state index in [0.717, 1.165) is 22.3 Å². The number of ether oxygens (including phenoxy) is 3. The number of hydrogen-bond donors (Lipinski definition) is 0. The maximum atomic E-state index is 13.6. The standard InChI is InChI=1S/C45H32O5/c1-48-43-29-37(44(46)35-16-24-41(25-17-35)49-39-20-12-33(13-21-39)31-8-4-2-5-9-31)28-38(30-43)45(47)36-18-26-42(27-19-36)50-40-22-14-34(15-23-40)32-10-6-3-7-11-32/h2-30H,1H3. The lowest BCUT2D eigenvalue weighted by molar-refractivity contribution is 0.103. The second-order valence-corrected chi connectivity index (χ2v) is 11.6. The monoisotopic (exact) mass is 652 g/mol. The van der Waals surface area contributed by atoms with Crippen LogP contribution in [0.1, 0.15) is 31.8 Å². The molecule has 0 N–H and O–H groups in total. The average Bonchev–Trinajstić information content (AvgIpc) is 3.19. The minimum atomic E-state index is -0.237. The average molecular weight is 653 g/mol. The Morgan fingerprint density at radius 3 is 1.00 bits per heavy atom. The van der Waals surface area contributed by atoms with Crippen LogP contribution in [0.25, 0.3) is 22.3 Å². The third kappa shape index (κ3) is 7.38. The number of ketones is 2. The van der Waals surface area contributed by atoms with Crippen LogP contribution >= 0.6 is 0 Å². The predicted octanol–water partition coefficient (Wildman–Crippen LogP) is 11.1. The van der Waals surface area contributed by atoms with Crippen molar-refractivity contribution in [3.63, 3.8) is 0 Å². The van der Waals surface area contributed by atoms with Gasteiger partial charge < -0.3 is 14.2 Å². The Kier molecular flexibility index (Phi) is 9.29. The summed E-state index contributed by atoms with van der Waals surface area (Å²) >= 11 is 0. The van der Waals surface area contributed by atoms with Crippen LogP contribution in [0.15, 0.2) is 176 Å². The first-order valence-electron chi connectivity index (χ1n) is 16.2. The molecule has 0 radical (unpaired) electrons. The fourth-order valence-corrected chi connectivity index (χ4v) is 5.63. The molecule has 0 aliphatic heterocycles. The lowest BCUT2D eigenvalue weighted by atomic mass is 9.97. The van der Waals surface area contributed by atoms with E-state index < -0.39 is 0 Å². The van der Waals surface area contributed by atoms with Gasteiger partial charge in [0.15, 0.2) is 11.6 Å². The van der Waals surface area contributed by atoms with Crippen molar-refractivity contribution < 1.29 is 23.8 Å². The highest BCUT2D eigenvalue weighted by atomic mass is 16.5. The molecule has 0 saturated heterocycles. The van der Waals surface area contributed by atoms with Crippen LogP contribution < -0.4 is 14.2 Å². The fraction of sp³-hybridized carbons (Fsp3) is 0.0222. The lowest BCUT2D eigenvalue weighted by Gasteiger charge is -2.11. The molecule has 0 amide bonds. The Hall–Kier alpha value is -6.72. The summed E-state index contributed by atoms with van der Waals surface area (Å²) in [4.78, 5) is 27.1. The highest BCUT2D eigenvalue weighted by Gasteiger charge is 2.17. The van der Waals surface area contributed by atoms with Crippen molar-refractivity contribution in [1.82, 2.24) is 0 Å². The smallest absolute Gasteiger partial charge is 0.193 e. The number of rotatable bonds is 11. The molecule has 0 fully saturated rings. The first-order valence-corrected chi connectivity index (χ1v) is 16.2. The zero-order chi connectivity index (χ0) is 34.3. The predicted molar refractivity (Wildman–Crippen MR) is 197 cm³/mol. The van der Waals surface area contributed by atoms with E-state index in [4.69, 9.17) is 14.2 Å². The van der Waals surface area contributed by atoms with Crippen LogP contribution in [0.4, 0.5) is 0 Å². The molecule has 5 nitrogen and oxygen atoms in total. The molecule has 7 rings (SSSR count). The summed E-state index contributed by atoms with van der Waals surface area (Å²) in [5.74, 6) is 2.53. The Labute approximate surface area is 291 Å². The lowest BCUT2D eigenvalue weighted by Crippen LogP contribution is -2.07. The van der Waals surface area contributed by atoms with Crippen LogP contribution in [0.2, 0.25) is 0 Å². The maximum absolute atomic E-state index is 13.6. The van der Waals surface area contributed by atoms with Crippen molar-refractivity contribution >= 4 is 11.6 Å². The number of hydrogen-bond acceptors (Lipinski definition) is 5. The Morgan fingerprint density at radius 2 is 0.660 bits per heavy atom. The SMILES string of the molecule is COc1cc(C(=O)c2ccc(Oc3ccc(-c4ccccc4)cc3)cc2)cc(C(=O)c2ccc(Oc3ccc(-c4ccccc4)cc3)cc2)c1. The minimum absolute atomic E-state index is 0.237. The van der Waals surface area contributed by atoms with E-state index in [0.29, 0.717) is 51.0 Å². The number of carbonyl (C=O) groups is 2. The highest BCUT2D eigenvalue weighted by molar-refractivity contribution is 6.13. The van der Waals surface area contributed by atoms with Crippen molar-refractivity contribution in [3.05, 3.63) is 198 Å². The molecule has 50 heavy (non-hydrogen) atoms. The topological polar surface area (TPSA) is 61.8 Å². The normalized spacial score (nSPS) is 10.7. The molecule has 242 valence electrons. The maximum Gasteiger partial charge on any atom is 0.193 e. The van der Waals surface area contributed by atoms with Gasteiger partial charge in [-0.25, -0.2) is 0 Å². The van der Waals surface area contributed by atoms with E-state index in [2.05, 4.69) is 24.3 Å². The molecule has 0 atom stereocenters. The largest absolute Gasteiger partial charge is 0.497 e. The van der Waals surface area contributed by atoms with Crippen LogP contribution in [0, 0.1) is 0 Å². The van der Waals surface area contributed by atoms with Crippen LogP contribution in [0.5, 0.6) is 28.7 Å². The third-order valence-corrected chi connectivity index (χ3v) is 8.29. The molecule has 0 spiro atoms. The minimum Gasteiger partial charge on any atom is -0.497 e. The first kappa shape index (κ1) is 31.9. The van der Waals surface area contributed by atoms with Crippen molar-refractivity contribution in [2.24, 2.45) is 0 Å². The quantitative estimate of drug-likeness (QED) is 0.130. The summed E-state index contributed by atoms with van der Waals surface area (Å²) < 4.78 is 17.5. The zero-order valence-electron chi connectivity index (χ0n) is 27.3. The first-order chi connectivity index (χ1) is 24.5. The molecule has 0 aromatic heterocycles. The molecule has 0 bridgehead atoms. The van der Waals surface area contributed by atoms with E-state index in [-0.39, 0.29) is 11.6 Å². The molecule has 0 aliphatic rings. The van der Waals surface area contributed by atoms with Crippen molar-refractivity contribution in [3.8, 4) is 51.0 Å². The van der Waals surface area contributed by atoms with E-state index >= 15 is 0 Å². The molecule has 7 aromatic rings. The molecular formula is C45H32O5. The summed E-state index contributed by atoms with van der Waals surface area (Å²) in [5, 5.41) is 0. The Balaban J connectivity index is 1.02. The van der Waals surface area contributed by atoms with Gasteiger partial charge in [-0.3, -0.25) is 9.59 Å². The van der Waals surface area contributed by atoms with E-state index in [1.54, 1.807) is 66.7 Å². The van der Waals surface area contributed by atoms with Gasteiger partial charge in [-0.1, -0.05) is 84.9 Å². The summed E-state index contributed by atoms with van der Waals surface area (Å²) in [6.45, 7) is 0. The molecule has 0 aliphatic carbocycles. The van der Waals surface area contributed by atoms with Gasteiger partial charge in [0.1, 0.15) is 28.7 Å². The van der Waals surface area contributed by atoms with Gasteiger partial charge in [-0.15, -0.1) is 0 Å². The van der Waals surface area contributed by atoms with Crippen molar-refractivity contribution in [1.29, 1.82) is 0 Å². The highest BCUT2D eigenvalue weighted by Crippen LogP contribution is 2.29. The van der Waals surface area contributed by atoms with Gasteiger partial charge >= 0.3 is 0 Å². The molecular weight excluding hydrogens is 620 g/mol. The summed E-state index contributed by atoms with van der Waals surface area (Å²) in [6, 6.07) is 54.7. The van der Waals surface area contributed by atoms with Crippen LogP contribution in [0.3, 0.4) is 0 Å². The van der Waals surface area contributed by atoms with Gasteiger partial charge in [0.25, 0.3) is 0 Å². The molecule has 0 saturated carbocycles. The Bertz CT molecular complexity index is 2070. The second-order valence-electron chi connectivity index (χ2n) is 11.6. The summed E-state index contributed by atoms with van der Waals surface area (Å²) in [5.41, 5.74) is 6.07. The molecule has 7 aromatic carbocycles. The molecule has 0 unspecified atom stereocenters. The van der Waals surface area contributed by atoms with Gasteiger partial charge in [-0.05, 0) is 113 Å². The van der Waals surface area contributed by atoms with E-state index in [9.17, 15) is 9.59 Å². The van der Waals surface area contributed by atoms with E-state index in [1.807, 2.05) is 84.9 Å². The second kappa shape index (κ2) is 14.6. The van der Waals surface area contributed by atoms with Crippen LogP contribution in [-0.2, 0) is 0 Å². The summed E-state index contributed by atoms with van der Waals surface area (Å²) in [7, 11) is 1.51. The number of carbonyl (C=O) groups excluding carboxylic acids is 2. The number of benzene rings is 7. The van der Waals surface area contributed by atoms with Gasteiger partial charge in [0.2, 0.25) is 0 Å². The van der Waals surface area contributed by atoms with Crippen molar-refractivity contribution in [2.75, 3.05) is 7.11 Å². The molecule has 0 heterocycles. The van der Waals surface area contributed by atoms with Crippen molar-refractivity contribution in [2.45, 2.75) is 0 Å². The van der Waals surface area contributed by atoms with Crippen LogP contribution in [-0.4, -0.2) is 18.7 Å². The van der Waals surface area contributed by atoms with Gasteiger partial charge in [0, 0.05) is 22.3 Å². The zero-order valence-corrected chi connectivity index (χ0v) is 27.3. The molecule has 5 heteroatoms.